The number of aromatic nitrogens is 1. The Morgan fingerprint density at radius 1 is 1.30 bits per heavy atom. The van der Waals surface area contributed by atoms with E-state index in [4.69, 9.17) is 4.42 Å². The lowest BCUT2D eigenvalue weighted by atomic mass is 10.1. The van der Waals surface area contributed by atoms with Crippen LogP contribution in [-0.2, 0) is 4.74 Å². The molecule has 0 aliphatic rings. The molecule has 0 radical (unpaired) electrons. The standard InChI is InChI=1S/C16H18N2O5/c1-9-13(10(2)17-14(9)16(21)22-4)11(19)8-18(3)15(20)12-6-5-7-23-12/h5-7,17H,8H2,1-4H3. The first-order valence-corrected chi connectivity index (χ1v) is 6.96. The summed E-state index contributed by atoms with van der Waals surface area (Å²) in [6.45, 7) is 3.23. The number of ether oxygens (including phenoxy) is 1. The van der Waals surface area contributed by atoms with Crippen LogP contribution in [0.4, 0.5) is 0 Å². The molecule has 23 heavy (non-hydrogen) atoms. The Hall–Kier alpha value is -2.83. The number of hydrogen-bond donors (Lipinski definition) is 1. The number of aryl methyl sites for hydroxylation is 1. The molecule has 0 aliphatic carbocycles. The van der Waals surface area contributed by atoms with Gasteiger partial charge in [-0.1, -0.05) is 0 Å². The predicted octanol–water partition coefficient (Wildman–Crippen LogP) is 1.97. The number of rotatable bonds is 5. The summed E-state index contributed by atoms with van der Waals surface area (Å²) < 4.78 is 9.71. The minimum atomic E-state index is -0.537. The van der Waals surface area contributed by atoms with Crippen LogP contribution >= 0.6 is 0 Å². The average molecular weight is 318 g/mol. The third-order valence-electron chi connectivity index (χ3n) is 3.57. The van der Waals surface area contributed by atoms with Crippen molar-refractivity contribution in [3.63, 3.8) is 0 Å². The number of carbonyl (C=O) groups is 3. The zero-order chi connectivity index (χ0) is 17.1. The van der Waals surface area contributed by atoms with Gasteiger partial charge in [-0.3, -0.25) is 9.59 Å². The fourth-order valence-corrected chi connectivity index (χ4v) is 2.43. The van der Waals surface area contributed by atoms with Crippen molar-refractivity contribution >= 4 is 17.7 Å². The number of amides is 1. The molecule has 2 rings (SSSR count). The van der Waals surface area contributed by atoms with E-state index in [-0.39, 0.29) is 29.7 Å². The van der Waals surface area contributed by atoms with Crippen molar-refractivity contribution in [2.75, 3.05) is 20.7 Å². The molecule has 0 bridgehead atoms. The SMILES string of the molecule is COC(=O)c1[nH]c(C)c(C(=O)CN(C)C(=O)c2ccco2)c1C. The van der Waals surface area contributed by atoms with E-state index < -0.39 is 5.97 Å². The molecule has 0 fully saturated rings. The van der Waals surface area contributed by atoms with E-state index in [9.17, 15) is 14.4 Å². The number of likely N-dealkylation sites (N-methyl/N-ethyl adjacent to an activating group) is 1. The van der Waals surface area contributed by atoms with Crippen molar-refractivity contribution in [1.29, 1.82) is 0 Å². The Morgan fingerprint density at radius 3 is 2.57 bits per heavy atom. The molecular formula is C16H18N2O5. The highest BCUT2D eigenvalue weighted by molar-refractivity contribution is 6.05. The van der Waals surface area contributed by atoms with Gasteiger partial charge in [-0.05, 0) is 31.5 Å². The summed E-state index contributed by atoms with van der Waals surface area (Å²) in [5.41, 5.74) is 1.71. The summed E-state index contributed by atoms with van der Waals surface area (Å²) in [6, 6.07) is 3.14. The average Bonchev–Trinajstić information content (AvgIpc) is 3.13. The maximum atomic E-state index is 12.5. The normalized spacial score (nSPS) is 10.4. The van der Waals surface area contributed by atoms with Gasteiger partial charge in [0.15, 0.2) is 11.5 Å². The summed E-state index contributed by atoms with van der Waals surface area (Å²) in [7, 11) is 2.79. The fourth-order valence-electron chi connectivity index (χ4n) is 2.43. The molecule has 7 heteroatoms. The molecule has 0 atom stereocenters. The molecule has 0 unspecified atom stereocenters. The van der Waals surface area contributed by atoms with Crippen molar-refractivity contribution < 1.29 is 23.5 Å². The molecule has 1 amide bonds. The van der Waals surface area contributed by atoms with Gasteiger partial charge < -0.3 is 19.0 Å². The van der Waals surface area contributed by atoms with Crippen molar-refractivity contribution in [1.82, 2.24) is 9.88 Å². The summed E-state index contributed by atoms with van der Waals surface area (Å²) in [5, 5.41) is 0. The minimum absolute atomic E-state index is 0.125. The maximum absolute atomic E-state index is 12.5. The van der Waals surface area contributed by atoms with Gasteiger partial charge in [0, 0.05) is 18.3 Å². The van der Waals surface area contributed by atoms with Crippen LogP contribution in [0.3, 0.4) is 0 Å². The van der Waals surface area contributed by atoms with Gasteiger partial charge in [-0.15, -0.1) is 0 Å². The first kappa shape index (κ1) is 16.5. The number of carbonyl (C=O) groups excluding carboxylic acids is 3. The van der Waals surface area contributed by atoms with E-state index in [1.165, 1.54) is 31.4 Å². The monoisotopic (exact) mass is 318 g/mol. The Bertz CT molecular complexity index is 743. The Kier molecular flexibility index (Phi) is 4.68. The third-order valence-corrected chi connectivity index (χ3v) is 3.57. The van der Waals surface area contributed by atoms with Crippen LogP contribution in [0.25, 0.3) is 0 Å². The topological polar surface area (TPSA) is 92.6 Å². The van der Waals surface area contributed by atoms with Crippen LogP contribution in [0.5, 0.6) is 0 Å². The van der Waals surface area contributed by atoms with E-state index in [0.29, 0.717) is 16.8 Å². The zero-order valence-electron chi connectivity index (χ0n) is 13.4. The molecule has 0 spiro atoms. The number of aromatic amines is 1. The van der Waals surface area contributed by atoms with E-state index in [0.717, 1.165) is 0 Å². The lowest BCUT2D eigenvalue weighted by Crippen LogP contribution is -2.32. The van der Waals surface area contributed by atoms with Crippen molar-refractivity contribution in [2.45, 2.75) is 13.8 Å². The second-order valence-corrected chi connectivity index (χ2v) is 5.18. The maximum Gasteiger partial charge on any atom is 0.354 e. The van der Waals surface area contributed by atoms with Gasteiger partial charge in [0.25, 0.3) is 5.91 Å². The lowest BCUT2D eigenvalue weighted by molar-refractivity contribution is 0.0593. The van der Waals surface area contributed by atoms with Crippen molar-refractivity contribution in [3.05, 3.63) is 46.7 Å². The van der Waals surface area contributed by atoms with Gasteiger partial charge in [-0.25, -0.2) is 4.79 Å². The van der Waals surface area contributed by atoms with E-state index in [2.05, 4.69) is 9.72 Å². The number of ketones is 1. The number of H-pyrrole nitrogens is 1. The number of esters is 1. The number of nitrogens with zero attached hydrogens (tertiary/aromatic N) is 1. The number of furan rings is 1. The largest absolute Gasteiger partial charge is 0.464 e. The van der Waals surface area contributed by atoms with Gasteiger partial charge in [0.2, 0.25) is 0 Å². The quantitative estimate of drug-likeness (QED) is 0.672. The van der Waals surface area contributed by atoms with Crippen molar-refractivity contribution in [3.8, 4) is 0 Å². The molecule has 2 aromatic heterocycles. The third kappa shape index (κ3) is 3.18. The molecule has 0 saturated carbocycles. The Balaban J connectivity index is 2.20. The molecule has 0 aliphatic heterocycles. The second kappa shape index (κ2) is 6.51. The van der Waals surface area contributed by atoms with Crippen LogP contribution in [0.2, 0.25) is 0 Å². The Morgan fingerprint density at radius 2 is 2.00 bits per heavy atom. The molecule has 7 nitrogen and oxygen atoms in total. The number of Topliss-reactive ketones (excluding diaryl/α,β-unsaturated/α-hetero) is 1. The van der Waals surface area contributed by atoms with Gasteiger partial charge >= 0.3 is 5.97 Å². The van der Waals surface area contributed by atoms with E-state index >= 15 is 0 Å². The highest BCUT2D eigenvalue weighted by atomic mass is 16.5. The minimum Gasteiger partial charge on any atom is -0.464 e. The first-order valence-electron chi connectivity index (χ1n) is 6.96. The second-order valence-electron chi connectivity index (χ2n) is 5.18. The van der Waals surface area contributed by atoms with Crippen LogP contribution < -0.4 is 0 Å². The van der Waals surface area contributed by atoms with Crippen LogP contribution in [0.1, 0.15) is 42.7 Å². The molecule has 0 aromatic carbocycles. The highest BCUT2D eigenvalue weighted by Crippen LogP contribution is 2.20. The van der Waals surface area contributed by atoms with Crippen LogP contribution in [0.15, 0.2) is 22.8 Å². The van der Waals surface area contributed by atoms with Crippen LogP contribution in [-0.4, -0.2) is 48.2 Å². The molecule has 2 heterocycles. The summed E-state index contributed by atoms with van der Waals surface area (Å²) in [4.78, 5) is 40.4. The molecule has 122 valence electrons. The van der Waals surface area contributed by atoms with Gasteiger partial charge in [-0.2, -0.15) is 0 Å². The Labute approximate surface area is 133 Å². The van der Waals surface area contributed by atoms with Crippen molar-refractivity contribution in [2.24, 2.45) is 0 Å². The number of nitrogens with one attached hydrogen (secondary N) is 1. The molecule has 1 N–H and O–H groups in total. The number of hydrogen-bond acceptors (Lipinski definition) is 5. The van der Waals surface area contributed by atoms with Gasteiger partial charge in [0.05, 0.1) is 19.9 Å². The summed E-state index contributed by atoms with van der Waals surface area (Å²) >= 11 is 0. The predicted molar refractivity (Wildman–Crippen MR) is 81.6 cm³/mol. The van der Waals surface area contributed by atoms with Gasteiger partial charge in [0.1, 0.15) is 5.69 Å². The summed E-state index contributed by atoms with van der Waals surface area (Å²) in [5.74, 6) is -1.03. The fraction of sp³-hybridized carbons (Fsp3) is 0.312. The molecular weight excluding hydrogens is 300 g/mol. The van der Waals surface area contributed by atoms with E-state index in [1.807, 2.05) is 0 Å². The smallest absolute Gasteiger partial charge is 0.354 e. The van der Waals surface area contributed by atoms with Crippen LogP contribution in [0, 0.1) is 13.8 Å². The summed E-state index contributed by atoms with van der Waals surface area (Å²) in [6.07, 6.45) is 1.39. The highest BCUT2D eigenvalue weighted by Gasteiger charge is 2.25. The molecule has 2 aromatic rings. The van der Waals surface area contributed by atoms with E-state index in [1.54, 1.807) is 19.9 Å². The first-order chi connectivity index (χ1) is 10.9. The zero-order valence-corrected chi connectivity index (χ0v) is 13.4. The lowest BCUT2D eigenvalue weighted by Gasteiger charge is -2.15. The molecule has 0 saturated heterocycles. The number of methoxy groups -OCH3 is 1.